The van der Waals surface area contributed by atoms with Crippen molar-refractivity contribution in [3.05, 3.63) is 17.5 Å². The third kappa shape index (κ3) is 3.75. The van der Waals surface area contributed by atoms with Crippen molar-refractivity contribution >= 4 is 5.91 Å². The monoisotopic (exact) mass is 349 g/mol. The fraction of sp³-hybridized carbons (Fsp3) is 0.789. The molecule has 1 aromatic heterocycles. The fourth-order valence-corrected chi connectivity index (χ4v) is 4.13. The van der Waals surface area contributed by atoms with Gasteiger partial charge >= 0.3 is 0 Å². The molecule has 0 aliphatic carbocycles. The van der Waals surface area contributed by atoms with Gasteiger partial charge in [-0.05, 0) is 53.0 Å². The van der Waals surface area contributed by atoms with Gasteiger partial charge in [-0.2, -0.15) is 5.10 Å². The first kappa shape index (κ1) is 18.4. The number of aryl methyl sites for hydroxylation is 2. The number of aromatic nitrogens is 2. The van der Waals surface area contributed by atoms with Gasteiger partial charge in [0.15, 0.2) is 0 Å². The average Bonchev–Trinajstić information content (AvgIpc) is 2.99. The maximum Gasteiger partial charge on any atom is 0.272 e. The smallest absolute Gasteiger partial charge is 0.272 e. The predicted molar refractivity (Wildman–Crippen MR) is 95.7 cm³/mol. The first-order valence-electron chi connectivity index (χ1n) is 9.52. The molecule has 2 aliphatic heterocycles. The van der Waals surface area contributed by atoms with Gasteiger partial charge in [-0.15, -0.1) is 0 Å². The molecule has 0 saturated carbocycles. The Morgan fingerprint density at radius 1 is 1.52 bits per heavy atom. The third-order valence-corrected chi connectivity index (χ3v) is 5.40. The van der Waals surface area contributed by atoms with Gasteiger partial charge in [0.05, 0.1) is 24.5 Å². The second-order valence-corrected chi connectivity index (χ2v) is 7.69. The van der Waals surface area contributed by atoms with Crippen LogP contribution in [0.4, 0.5) is 0 Å². The highest BCUT2D eigenvalue weighted by atomic mass is 16.5. The van der Waals surface area contributed by atoms with Gasteiger partial charge in [-0.1, -0.05) is 0 Å². The Hall–Kier alpha value is -1.40. The van der Waals surface area contributed by atoms with E-state index in [1.54, 1.807) is 4.68 Å². The molecule has 0 bridgehead atoms. The second kappa shape index (κ2) is 7.46. The van der Waals surface area contributed by atoms with Crippen molar-refractivity contribution < 1.29 is 14.3 Å². The SMILES string of the molecule is CCn1nc(C)cc1C(=O)N1CC[C@H]2OCCC[C@]2(COC(C)C)C1. The molecule has 140 valence electrons. The number of fused-ring (bicyclic) bond motifs is 1. The van der Waals surface area contributed by atoms with Crippen molar-refractivity contribution in [3.63, 3.8) is 0 Å². The Bertz CT molecular complexity index is 613. The highest BCUT2D eigenvalue weighted by molar-refractivity contribution is 5.92. The number of carbonyl (C=O) groups is 1. The molecule has 25 heavy (non-hydrogen) atoms. The number of rotatable bonds is 5. The van der Waals surface area contributed by atoms with Crippen molar-refractivity contribution in [3.8, 4) is 0 Å². The van der Waals surface area contributed by atoms with Gasteiger partial charge in [-0.25, -0.2) is 0 Å². The number of hydrogen-bond acceptors (Lipinski definition) is 4. The highest BCUT2D eigenvalue weighted by Gasteiger charge is 2.47. The van der Waals surface area contributed by atoms with E-state index in [2.05, 4.69) is 18.9 Å². The largest absolute Gasteiger partial charge is 0.378 e. The average molecular weight is 349 g/mol. The van der Waals surface area contributed by atoms with E-state index in [0.29, 0.717) is 25.4 Å². The Morgan fingerprint density at radius 3 is 3.04 bits per heavy atom. The lowest BCUT2D eigenvalue weighted by Gasteiger charge is -2.50. The number of amides is 1. The molecule has 1 amide bonds. The molecule has 2 atom stereocenters. The van der Waals surface area contributed by atoms with Crippen LogP contribution in [0.3, 0.4) is 0 Å². The number of nitrogens with zero attached hydrogens (tertiary/aromatic N) is 3. The van der Waals surface area contributed by atoms with E-state index in [1.165, 1.54) is 0 Å². The van der Waals surface area contributed by atoms with E-state index in [-0.39, 0.29) is 23.5 Å². The zero-order chi connectivity index (χ0) is 18.0. The van der Waals surface area contributed by atoms with E-state index in [4.69, 9.17) is 9.47 Å². The molecule has 6 heteroatoms. The summed E-state index contributed by atoms with van der Waals surface area (Å²) in [5.41, 5.74) is 1.50. The van der Waals surface area contributed by atoms with Gasteiger partial charge in [0.2, 0.25) is 0 Å². The molecule has 2 fully saturated rings. The number of hydrogen-bond donors (Lipinski definition) is 0. The molecule has 3 heterocycles. The Balaban J connectivity index is 1.80. The summed E-state index contributed by atoms with van der Waals surface area (Å²) in [6, 6.07) is 1.90. The zero-order valence-electron chi connectivity index (χ0n) is 16.0. The van der Waals surface area contributed by atoms with E-state index in [1.807, 2.05) is 24.8 Å². The van der Waals surface area contributed by atoms with E-state index < -0.39 is 0 Å². The summed E-state index contributed by atoms with van der Waals surface area (Å²) in [5, 5.41) is 4.42. The molecule has 0 unspecified atom stereocenters. The third-order valence-electron chi connectivity index (χ3n) is 5.40. The van der Waals surface area contributed by atoms with Crippen molar-refractivity contribution in [2.45, 2.75) is 65.7 Å². The van der Waals surface area contributed by atoms with E-state index in [0.717, 1.165) is 38.1 Å². The molecular formula is C19H31N3O3. The summed E-state index contributed by atoms with van der Waals surface area (Å²) in [5.74, 6) is 0.0791. The molecule has 2 saturated heterocycles. The van der Waals surface area contributed by atoms with Crippen LogP contribution >= 0.6 is 0 Å². The molecule has 0 radical (unpaired) electrons. The zero-order valence-corrected chi connectivity index (χ0v) is 16.0. The summed E-state index contributed by atoms with van der Waals surface area (Å²) in [6.07, 6.45) is 3.35. The lowest BCUT2D eigenvalue weighted by atomic mass is 9.73. The van der Waals surface area contributed by atoms with Crippen molar-refractivity contribution in [1.29, 1.82) is 0 Å². The number of ether oxygens (including phenoxy) is 2. The van der Waals surface area contributed by atoms with Crippen LogP contribution in [0.2, 0.25) is 0 Å². The predicted octanol–water partition coefficient (Wildman–Crippen LogP) is 2.65. The van der Waals surface area contributed by atoms with Crippen LogP contribution in [0, 0.1) is 12.3 Å². The highest BCUT2D eigenvalue weighted by Crippen LogP contribution is 2.41. The Kier molecular flexibility index (Phi) is 5.49. The first-order valence-corrected chi connectivity index (χ1v) is 9.52. The molecule has 6 nitrogen and oxygen atoms in total. The number of piperidine rings is 1. The van der Waals surface area contributed by atoms with Crippen LogP contribution in [-0.2, 0) is 16.0 Å². The van der Waals surface area contributed by atoms with Crippen molar-refractivity contribution in [2.75, 3.05) is 26.3 Å². The Morgan fingerprint density at radius 2 is 2.32 bits per heavy atom. The first-order chi connectivity index (χ1) is 11.9. The van der Waals surface area contributed by atoms with Crippen molar-refractivity contribution in [1.82, 2.24) is 14.7 Å². The van der Waals surface area contributed by atoms with Crippen LogP contribution in [-0.4, -0.2) is 59.1 Å². The lowest BCUT2D eigenvalue weighted by molar-refractivity contribution is -0.152. The summed E-state index contributed by atoms with van der Waals surface area (Å²) >= 11 is 0. The second-order valence-electron chi connectivity index (χ2n) is 7.69. The molecule has 1 aromatic rings. The summed E-state index contributed by atoms with van der Waals surface area (Å²) < 4.78 is 13.9. The quantitative estimate of drug-likeness (QED) is 0.820. The van der Waals surface area contributed by atoms with Gasteiger partial charge in [0, 0.05) is 31.7 Å². The molecule has 0 aromatic carbocycles. The summed E-state index contributed by atoms with van der Waals surface area (Å²) in [7, 11) is 0. The topological polar surface area (TPSA) is 56.6 Å². The van der Waals surface area contributed by atoms with Crippen LogP contribution in [0.5, 0.6) is 0 Å². The van der Waals surface area contributed by atoms with Crippen LogP contribution in [0.15, 0.2) is 6.07 Å². The molecule has 0 spiro atoms. The molecular weight excluding hydrogens is 318 g/mol. The summed E-state index contributed by atoms with van der Waals surface area (Å²) in [4.78, 5) is 15.1. The lowest BCUT2D eigenvalue weighted by Crippen LogP contribution is -2.58. The molecule has 2 aliphatic rings. The van der Waals surface area contributed by atoms with Crippen LogP contribution < -0.4 is 0 Å². The Labute approximate surface area is 150 Å². The van der Waals surface area contributed by atoms with Gasteiger partial charge in [0.25, 0.3) is 5.91 Å². The standard InChI is InChI=1S/C19H31N3O3/c1-5-22-16(11-15(4)20-22)18(23)21-9-7-17-19(12-21,8-6-10-24-17)13-25-14(2)3/h11,14,17H,5-10,12-13H2,1-4H3/t17-,19-/m1/s1. The number of likely N-dealkylation sites (tertiary alicyclic amines) is 1. The number of carbonyl (C=O) groups excluding carboxylic acids is 1. The minimum absolute atomic E-state index is 0.0791. The van der Waals surface area contributed by atoms with Gasteiger partial charge in [-0.3, -0.25) is 9.48 Å². The van der Waals surface area contributed by atoms with Crippen molar-refractivity contribution in [2.24, 2.45) is 5.41 Å². The fourth-order valence-electron chi connectivity index (χ4n) is 4.13. The normalized spacial score (nSPS) is 26.8. The molecule has 3 rings (SSSR count). The summed E-state index contributed by atoms with van der Waals surface area (Å²) in [6.45, 7) is 11.7. The molecule has 0 N–H and O–H groups in total. The van der Waals surface area contributed by atoms with Crippen LogP contribution in [0.25, 0.3) is 0 Å². The van der Waals surface area contributed by atoms with Crippen LogP contribution in [0.1, 0.15) is 56.2 Å². The van der Waals surface area contributed by atoms with E-state index in [9.17, 15) is 4.79 Å². The minimum Gasteiger partial charge on any atom is -0.378 e. The maximum atomic E-state index is 13.1. The van der Waals surface area contributed by atoms with E-state index >= 15 is 0 Å². The van der Waals surface area contributed by atoms with Gasteiger partial charge < -0.3 is 14.4 Å². The minimum atomic E-state index is -0.0808. The maximum absolute atomic E-state index is 13.1. The van der Waals surface area contributed by atoms with Gasteiger partial charge in [0.1, 0.15) is 5.69 Å².